The highest BCUT2D eigenvalue weighted by Gasteiger charge is 2.31. The van der Waals surface area contributed by atoms with Crippen LogP contribution < -0.4 is 5.73 Å². The van der Waals surface area contributed by atoms with Gasteiger partial charge in [0.25, 0.3) is 0 Å². The van der Waals surface area contributed by atoms with Gasteiger partial charge < -0.3 is 10.8 Å². The molecule has 0 aliphatic carbocycles. The Labute approximate surface area is 102 Å². The third-order valence-electron chi connectivity index (χ3n) is 2.20. The molecule has 1 aromatic carbocycles. The summed E-state index contributed by atoms with van der Waals surface area (Å²) in [7, 11) is -3.98. The minimum absolute atomic E-state index is 0.280. The first kappa shape index (κ1) is 14.9. The number of sulfone groups is 1. The average molecular weight is 283 g/mol. The van der Waals surface area contributed by atoms with Crippen LogP contribution >= 0.6 is 0 Å². The largest absolute Gasteiger partial charge is 0.416 e. The first-order valence-electron chi connectivity index (χ1n) is 4.95. The molecule has 0 amide bonds. The van der Waals surface area contributed by atoms with Crippen LogP contribution in [0, 0.1) is 0 Å². The molecule has 0 radical (unpaired) electrons. The van der Waals surface area contributed by atoms with E-state index < -0.39 is 38.3 Å². The summed E-state index contributed by atoms with van der Waals surface area (Å²) in [6.07, 6.45) is -5.91. The van der Waals surface area contributed by atoms with Gasteiger partial charge in [0, 0.05) is 6.54 Å². The number of nitrogens with two attached hydrogens (primary N) is 1. The zero-order chi connectivity index (χ0) is 14.0. The molecule has 0 heterocycles. The van der Waals surface area contributed by atoms with Crippen molar-refractivity contribution in [2.45, 2.75) is 17.2 Å². The minimum atomic E-state index is -4.61. The summed E-state index contributed by atoms with van der Waals surface area (Å²) in [5, 5.41) is 9.16. The summed E-state index contributed by atoms with van der Waals surface area (Å²) in [5.41, 5.74) is 4.01. The van der Waals surface area contributed by atoms with Crippen LogP contribution in [0.4, 0.5) is 13.2 Å². The summed E-state index contributed by atoms with van der Waals surface area (Å²) >= 11 is 0. The lowest BCUT2D eigenvalue weighted by atomic mass is 10.2. The van der Waals surface area contributed by atoms with Crippen molar-refractivity contribution in [3.63, 3.8) is 0 Å². The van der Waals surface area contributed by atoms with Crippen molar-refractivity contribution in [3.05, 3.63) is 29.8 Å². The molecule has 1 rings (SSSR count). The van der Waals surface area contributed by atoms with Gasteiger partial charge in [-0.1, -0.05) is 6.07 Å². The van der Waals surface area contributed by atoms with Crippen molar-refractivity contribution >= 4 is 9.84 Å². The molecule has 0 spiro atoms. The summed E-state index contributed by atoms with van der Waals surface area (Å²) in [4.78, 5) is -0.482. The highest BCUT2D eigenvalue weighted by atomic mass is 32.2. The van der Waals surface area contributed by atoms with E-state index >= 15 is 0 Å². The van der Waals surface area contributed by atoms with E-state index in [4.69, 9.17) is 10.8 Å². The maximum absolute atomic E-state index is 12.4. The predicted molar refractivity (Wildman–Crippen MR) is 58.6 cm³/mol. The van der Waals surface area contributed by atoms with Crippen LogP contribution in [0.1, 0.15) is 5.56 Å². The highest BCUT2D eigenvalue weighted by molar-refractivity contribution is 7.91. The quantitative estimate of drug-likeness (QED) is 0.856. The molecule has 3 N–H and O–H groups in total. The Balaban J connectivity index is 3.11. The zero-order valence-electron chi connectivity index (χ0n) is 9.18. The maximum Gasteiger partial charge on any atom is 0.416 e. The van der Waals surface area contributed by atoms with Crippen LogP contribution in [0.5, 0.6) is 0 Å². The number of aliphatic hydroxyl groups excluding tert-OH is 1. The molecule has 0 aliphatic heterocycles. The van der Waals surface area contributed by atoms with Gasteiger partial charge in [-0.05, 0) is 18.2 Å². The SMILES string of the molecule is NCC(O)CS(=O)(=O)c1cccc(C(F)(F)F)c1. The average Bonchev–Trinajstić information content (AvgIpc) is 2.27. The smallest absolute Gasteiger partial charge is 0.391 e. The van der Waals surface area contributed by atoms with E-state index in [1.165, 1.54) is 0 Å². The fraction of sp³-hybridized carbons (Fsp3) is 0.400. The molecule has 1 aromatic rings. The lowest BCUT2D eigenvalue weighted by molar-refractivity contribution is -0.137. The van der Waals surface area contributed by atoms with Crippen LogP contribution in [0.25, 0.3) is 0 Å². The van der Waals surface area contributed by atoms with Gasteiger partial charge in [0.05, 0.1) is 22.3 Å². The van der Waals surface area contributed by atoms with Gasteiger partial charge in [0.2, 0.25) is 0 Å². The lowest BCUT2D eigenvalue weighted by Gasteiger charge is -2.11. The number of hydrogen-bond acceptors (Lipinski definition) is 4. The number of alkyl halides is 3. The van der Waals surface area contributed by atoms with Gasteiger partial charge in [-0.15, -0.1) is 0 Å². The molecular formula is C10H12F3NO3S. The van der Waals surface area contributed by atoms with Crippen molar-refractivity contribution < 1.29 is 26.7 Å². The number of hydrogen-bond donors (Lipinski definition) is 2. The van der Waals surface area contributed by atoms with Gasteiger partial charge in [-0.25, -0.2) is 8.42 Å². The molecule has 0 aromatic heterocycles. The zero-order valence-corrected chi connectivity index (χ0v) is 10.0. The Morgan fingerprint density at radius 1 is 1.33 bits per heavy atom. The van der Waals surface area contributed by atoms with Crippen LogP contribution in [0.15, 0.2) is 29.2 Å². The van der Waals surface area contributed by atoms with Crippen molar-refractivity contribution in [2.24, 2.45) is 5.73 Å². The second kappa shape index (κ2) is 5.25. The standard InChI is InChI=1S/C10H12F3NO3S/c11-10(12,13)7-2-1-3-9(4-7)18(16,17)6-8(15)5-14/h1-4,8,15H,5-6,14H2. The fourth-order valence-corrected chi connectivity index (χ4v) is 2.71. The summed E-state index contributed by atoms with van der Waals surface area (Å²) in [6.45, 7) is -0.280. The van der Waals surface area contributed by atoms with E-state index in [-0.39, 0.29) is 6.54 Å². The van der Waals surface area contributed by atoms with E-state index in [0.29, 0.717) is 6.07 Å². The molecule has 1 atom stereocenters. The van der Waals surface area contributed by atoms with Gasteiger partial charge in [0.1, 0.15) is 0 Å². The number of halogens is 3. The Kier molecular flexibility index (Phi) is 4.36. The number of benzene rings is 1. The Morgan fingerprint density at radius 2 is 1.94 bits per heavy atom. The third-order valence-corrected chi connectivity index (χ3v) is 4.00. The Morgan fingerprint density at radius 3 is 2.44 bits per heavy atom. The number of rotatable bonds is 4. The molecule has 0 bridgehead atoms. The highest BCUT2D eigenvalue weighted by Crippen LogP contribution is 2.30. The molecular weight excluding hydrogens is 271 g/mol. The Hall–Kier alpha value is -1.12. The van der Waals surface area contributed by atoms with E-state index in [1.54, 1.807) is 0 Å². The van der Waals surface area contributed by atoms with Crippen LogP contribution in [-0.2, 0) is 16.0 Å². The monoisotopic (exact) mass is 283 g/mol. The van der Waals surface area contributed by atoms with Gasteiger partial charge in [-0.2, -0.15) is 13.2 Å². The fourth-order valence-electron chi connectivity index (χ4n) is 1.28. The van der Waals surface area contributed by atoms with E-state index in [2.05, 4.69) is 0 Å². The van der Waals surface area contributed by atoms with E-state index in [1.807, 2.05) is 0 Å². The Bertz CT molecular complexity index is 513. The second-order valence-electron chi connectivity index (χ2n) is 3.70. The second-order valence-corrected chi connectivity index (χ2v) is 5.73. The topological polar surface area (TPSA) is 80.4 Å². The normalized spacial score (nSPS) is 14.5. The maximum atomic E-state index is 12.4. The van der Waals surface area contributed by atoms with Crippen molar-refractivity contribution in [3.8, 4) is 0 Å². The molecule has 18 heavy (non-hydrogen) atoms. The van der Waals surface area contributed by atoms with E-state index in [0.717, 1.165) is 18.2 Å². The molecule has 0 fully saturated rings. The van der Waals surface area contributed by atoms with Gasteiger partial charge in [-0.3, -0.25) is 0 Å². The predicted octanol–water partition coefficient (Wildman–Crippen LogP) is 0.799. The molecule has 4 nitrogen and oxygen atoms in total. The molecule has 1 unspecified atom stereocenters. The van der Waals surface area contributed by atoms with Crippen molar-refractivity contribution in [1.82, 2.24) is 0 Å². The first-order chi connectivity index (χ1) is 8.16. The van der Waals surface area contributed by atoms with Crippen molar-refractivity contribution in [2.75, 3.05) is 12.3 Å². The third kappa shape index (κ3) is 3.69. The molecule has 0 saturated heterocycles. The van der Waals surface area contributed by atoms with Crippen LogP contribution in [0.3, 0.4) is 0 Å². The minimum Gasteiger partial charge on any atom is -0.391 e. The molecule has 102 valence electrons. The first-order valence-corrected chi connectivity index (χ1v) is 6.60. The molecule has 0 aliphatic rings. The summed E-state index contributed by atoms with van der Waals surface area (Å²) in [6, 6.07) is 3.37. The summed E-state index contributed by atoms with van der Waals surface area (Å²) < 4.78 is 60.7. The summed E-state index contributed by atoms with van der Waals surface area (Å²) in [5.74, 6) is -0.704. The van der Waals surface area contributed by atoms with Crippen LogP contribution in [-0.4, -0.2) is 31.9 Å². The lowest BCUT2D eigenvalue weighted by Crippen LogP contribution is -2.28. The molecule has 8 heteroatoms. The number of aliphatic hydroxyl groups is 1. The van der Waals surface area contributed by atoms with Crippen molar-refractivity contribution in [1.29, 1.82) is 0 Å². The van der Waals surface area contributed by atoms with Gasteiger partial charge in [0.15, 0.2) is 9.84 Å². The van der Waals surface area contributed by atoms with Gasteiger partial charge >= 0.3 is 6.18 Å². The van der Waals surface area contributed by atoms with E-state index in [9.17, 15) is 21.6 Å². The molecule has 0 saturated carbocycles. The van der Waals surface area contributed by atoms with Crippen LogP contribution in [0.2, 0.25) is 0 Å².